The predicted molar refractivity (Wildman–Crippen MR) is 151 cm³/mol. The maximum absolute atomic E-state index is 14.3. The molecule has 3 heterocycles. The van der Waals surface area contributed by atoms with Crippen molar-refractivity contribution < 1.29 is 62.9 Å². The van der Waals surface area contributed by atoms with Crippen molar-refractivity contribution in [1.82, 2.24) is 0 Å². The first-order valence-corrected chi connectivity index (χ1v) is 16.4. The summed E-state index contributed by atoms with van der Waals surface area (Å²) in [5.41, 5.74) is -5.75. The molecule has 0 bridgehead atoms. The lowest BCUT2D eigenvalue weighted by Crippen LogP contribution is -2.74. The van der Waals surface area contributed by atoms with E-state index in [1.54, 1.807) is 13.8 Å². The lowest BCUT2D eigenvalue weighted by Gasteiger charge is -2.65. The van der Waals surface area contributed by atoms with Crippen LogP contribution in [0.15, 0.2) is 0 Å². The lowest BCUT2D eigenvalue weighted by atomic mass is 9.41. The number of methoxy groups -OCH3 is 1. The van der Waals surface area contributed by atoms with E-state index in [0.29, 0.717) is 6.42 Å². The van der Waals surface area contributed by atoms with E-state index < -0.39 is 130 Å². The highest BCUT2D eigenvalue weighted by Gasteiger charge is 2.93. The fraction of sp³-hybridized carbons (Fsp3) is 0.879. The van der Waals surface area contributed by atoms with Crippen LogP contribution in [0, 0.1) is 57.7 Å². The molecule has 0 radical (unpaired) electrons. The highest BCUT2D eigenvalue weighted by molar-refractivity contribution is 5.88. The molecule has 254 valence electrons. The van der Waals surface area contributed by atoms with E-state index in [4.69, 9.17) is 28.4 Å². The van der Waals surface area contributed by atoms with Crippen LogP contribution in [-0.4, -0.2) is 106 Å². The van der Waals surface area contributed by atoms with Crippen LogP contribution in [0.1, 0.15) is 54.9 Å². The Labute approximate surface area is 266 Å². The van der Waals surface area contributed by atoms with Crippen LogP contribution >= 0.6 is 0 Å². The minimum absolute atomic E-state index is 0.294. The van der Waals surface area contributed by atoms with Crippen molar-refractivity contribution in [2.45, 2.75) is 115 Å². The number of ether oxygens (including phenoxy) is 6. The van der Waals surface area contributed by atoms with Crippen molar-refractivity contribution in [1.29, 1.82) is 0 Å². The van der Waals surface area contributed by atoms with Crippen molar-refractivity contribution in [2.75, 3.05) is 7.11 Å². The van der Waals surface area contributed by atoms with Crippen molar-refractivity contribution in [3.63, 3.8) is 0 Å². The first-order valence-electron chi connectivity index (χ1n) is 16.4. The maximum Gasteiger partial charge on any atom is 0.341 e. The number of epoxide rings is 2. The third-order valence-corrected chi connectivity index (χ3v) is 14.7. The average molecular weight is 649 g/mol. The van der Waals surface area contributed by atoms with E-state index in [1.165, 1.54) is 27.9 Å². The van der Waals surface area contributed by atoms with Crippen LogP contribution in [0.3, 0.4) is 0 Å². The zero-order valence-electron chi connectivity index (χ0n) is 27.3. The monoisotopic (exact) mass is 648 g/mol. The van der Waals surface area contributed by atoms with Crippen molar-refractivity contribution in [2.24, 2.45) is 57.7 Å². The molecule has 3 N–H and O–H groups in total. The molecule has 3 saturated heterocycles. The number of aliphatic hydroxyl groups excluding tert-OH is 2. The molecule has 0 aromatic carbocycles. The molecular formula is C33H44O13. The maximum atomic E-state index is 14.3. The van der Waals surface area contributed by atoms with Crippen LogP contribution in [-0.2, 0) is 47.6 Å². The number of rotatable bonds is 3. The summed E-state index contributed by atoms with van der Waals surface area (Å²) in [4.78, 5) is 53.5. The zero-order chi connectivity index (χ0) is 33.4. The number of carbonyl (C=O) groups is 4. The molecule has 13 heteroatoms. The molecule has 8 fully saturated rings. The summed E-state index contributed by atoms with van der Waals surface area (Å²) in [7, 11) is 1.51. The molecule has 20 atom stereocenters. The fourth-order valence-electron chi connectivity index (χ4n) is 12.8. The van der Waals surface area contributed by atoms with Gasteiger partial charge in [-0.2, -0.15) is 0 Å². The average Bonchev–Trinajstić information content (AvgIpc) is 3.87. The van der Waals surface area contributed by atoms with E-state index in [1.807, 2.05) is 13.8 Å². The van der Waals surface area contributed by atoms with Crippen molar-refractivity contribution >= 4 is 23.7 Å². The molecule has 8 rings (SSSR count). The summed E-state index contributed by atoms with van der Waals surface area (Å²) < 4.78 is 36.6. The third kappa shape index (κ3) is 3.11. The molecule has 0 aromatic rings. The van der Waals surface area contributed by atoms with Crippen LogP contribution in [0.5, 0.6) is 0 Å². The van der Waals surface area contributed by atoms with Crippen LogP contribution < -0.4 is 0 Å². The number of ketones is 1. The Morgan fingerprint density at radius 1 is 0.913 bits per heavy atom. The van der Waals surface area contributed by atoms with E-state index in [2.05, 4.69) is 0 Å². The Morgan fingerprint density at radius 3 is 2.15 bits per heavy atom. The van der Waals surface area contributed by atoms with Gasteiger partial charge < -0.3 is 43.7 Å². The number of esters is 3. The number of hydrogen-bond acceptors (Lipinski definition) is 13. The van der Waals surface area contributed by atoms with Gasteiger partial charge in [0.1, 0.15) is 30.5 Å². The number of hydrogen-bond donors (Lipinski definition) is 3. The van der Waals surface area contributed by atoms with Gasteiger partial charge in [-0.05, 0) is 32.1 Å². The lowest BCUT2D eigenvalue weighted by molar-refractivity contribution is -0.272. The Balaban J connectivity index is 1.40. The molecule has 5 saturated carbocycles. The standard InChI is InChI=1S/C33H44O13/c1-10-16-19(31(6)32(7,40)28(39)46-33(31)26(10)45-33)23(41-8)17-15-18(24(42-11(2)34)27(30(16,17)5)43-12(3)35)29(4)13(20(36)21(15)37)9-14-22(44-14)25(29)38/h10,13-19,21-27,37-38,40H,9H2,1-8H3/t10-,13+,14-,15?,16-,17+,18?,19-,21+,22-,23+,24-,25-,26+,27-,29-,30+,31-,32+,33-/m0/s1. The summed E-state index contributed by atoms with van der Waals surface area (Å²) in [6, 6.07) is 0. The largest absolute Gasteiger partial charge is 0.458 e. The second-order valence-electron chi connectivity index (χ2n) is 16.2. The van der Waals surface area contributed by atoms with E-state index in [-0.39, 0.29) is 12.0 Å². The molecule has 5 aliphatic carbocycles. The Kier molecular flexibility index (Phi) is 6.02. The quantitative estimate of drug-likeness (QED) is 0.213. The molecular weight excluding hydrogens is 604 g/mol. The number of fused-ring (bicyclic) bond motifs is 9. The number of aliphatic hydroxyl groups is 3. The molecule has 2 unspecified atom stereocenters. The van der Waals surface area contributed by atoms with Gasteiger partial charge in [0.25, 0.3) is 0 Å². The van der Waals surface area contributed by atoms with Gasteiger partial charge in [-0.1, -0.05) is 20.8 Å². The van der Waals surface area contributed by atoms with Crippen molar-refractivity contribution in [3.05, 3.63) is 0 Å². The van der Waals surface area contributed by atoms with E-state index >= 15 is 0 Å². The van der Waals surface area contributed by atoms with Gasteiger partial charge in [-0.3, -0.25) is 14.4 Å². The fourth-order valence-corrected chi connectivity index (χ4v) is 12.8. The Hall–Kier alpha value is -2.16. The van der Waals surface area contributed by atoms with Crippen molar-refractivity contribution in [3.8, 4) is 0 Å². The van der Waals surface area contributed by atoms with Gasteiger partial charge >= 0.3 is 17.9 Å². The Bertz CT molecular complexity index is 1450. The van der Waals surface area contributed by atoms with Gasteiger partial charge in [0.2, 0.25) is 5.79 Å². The summed E-state index contributed by atoms with van der Waals surface area (Å²) >= 11 is 0. The number of Topliss-reactive ketones (excluding diaryl/α,β-unsaturated/α-hetero) is 1. The van der Waals surface area contributed by atoms with Crippen LogP contribution in [0.25, 0.3) is 0 Å². The van der Waals surface area contributed by atoms with Gasteiger partial charge in [-0.25, -0.2) is 4.79 Å². The van der Waals surface area contributed by atoms with Gasteiger partial charge in [0, 0.05) is 61.4 Å². The Morgan fingerprint density at radius 2 is 1.54 bits per heavy atom. The first-order chi connectivity index (χ1) is 21.4. The second-order valence-corrected chi connectivity index (χ2v) is 16.2. The molecule has 3 aliphatic heterocycles. The van der Waals surface area contributed by atoms with Crippen LogP contribution in [0.2, 0.25) is 0 Å². The molecule has 0 amide bonds. The van der Waals surface area contributed by atoms with E-state index in [0.717, 1.165) is 0 Å². The first kappa shape index (κ1) is 31.1. The highest BCUT2D eigenvalue weighted by Crippen LogP contribution is 2.81. The smallest absolute Gasteiger partial charge is 0.341 e. The second kappa shape index (κ2) is 8.89. The number of carbonyl (C=O) groups excluding carboxylic acids is 4. The highest BCUT2D eigenvalue weighted by atomic mass is 16.8. The minimum Gasteiger partial charge on any atom is -0.458 e. The molecule has 13 nitrogen and oxygen atoms in total. The zero-order valence-corrected chi connectivity index (χ0v) is 27.3. The minimum atomic E-state index is -2.01. The molecule has 1 spiro atoms. The molecule has 0 aromatic heterocycles. The third-order valence-electron chi connectivity index (χ3n) is 14.7. The summed E-state index contributed by atoms with van der Waals surface area (Å²) in [5.74, 6) is -8.78. The molecule has 8 aliphatic rings. The van der Waals surface area contributed by atoms with Gasteiger partial charge in [0.15, 0.2) is 11.4 Å². The van der Waals surface area contributed by atoms with Crippen LogP contribution in [0.4, 0.5) is 0 Å². The summed E-state index contributed by atoms with van der Waals surface area (Å²) in [5, 5.41) is 35.9. The SMILES string of the molecule is CO[C@H]1[C@@H]2[C@H]([C@H](C)[C@H]3O[C@]34OC(=O)[C@@](C)(O)[C@]24C)[C@]2(C)[C@@H]1C1C([C@H](OC(C)=O)[C@@H]2OC(C)=O)[C@]2(C)[C@H](C[C@@H]3O[C@@H]3[C@@H]2O)C(=O)[C@@H]1O. The molecule has 46 heavy (non-hydrogen) atoms. The summed E-state index contributed by atoms with van der Waals surface area (Å²) in [6.45, 7) is 11.3. The predicted octanol–water partition coefficient (Wildman–Crippen LogP) is 0.136. The van der Waals surface area contributed by atoms with Gasteiger partial charge in [-0.15, -0.1) is 0 Å². The topological polar surface area (TPSA) is 191 Å². The normalized spacial score (nSPS) is 61.8. The summed E-state index contributed by atoms with van der Waals surface area (Å²) in [6.07, 6.45) is -6.91. The van der Waals surface area contributed by atoms with Gasteiger partial charge in [0.05, 0.1) is 23.7 Å². The van der Waals surface area contributed by atoms with E-state index in [9.17, 15) is 34.5 Å².